The van der Waals surface area contributed by atoms with Crippen molar-refractivity contribution in [2.75, 3.05) is 24.9 Å². The summed E-state index contributed by atoms with van der Waals surface area (Å²) < 4.78 is 10.3. The third kappa shape index (κ3) is 4.60. The van der Waals surface area contributed by atoms with Crippen LogP contribution in [0.1, 0.15) is 5.56 Å². The lowest BCUT2D eigenvalue weighted by atomic mass is 10.2. The van der Waals surface area contributed by atoms with Crippen molar-refractivity contribution in [3.05, 3.63) is 66.2 Å². The minimum Gasteiger partial charge on any atom is -0.497 e. The highest BCUT2D eigenvalue weighted by Crippen LogP contribution is 2.19. The van der Waals surface area contributed by atoms with Gasteiger partial charge in [-0.2, -0.15) is 0 Å². The molecule has 1 aromatic heterocycles. The van der Waals surface area contributed by atoms with Crippen LogP contribution in [0.25, 0.3) is 0 Å². The van der Waals surface area contributed by atoms with Gasteiger partial charge in [0.1, 0.15) is 17.3 Å². The Balaban J connectivity index is 1.55. The van der Waals surface area contributed by atoms with E-state index in [9.17, 15) is 0 Å². The van der Waals surface area contributed by atoms with E-state index in [1.165, 1.54) is 0 Å². The summed E-state index contributed by atoms with van der Waals surface area (Å²) >= 11 is 0. The molecule has 2 aromatic carbocycles. The van der Waals surface area contributed by atoms with Crippen LogP contribution in [0.15, 0.2) is 60.7 Å². The zero-order chi connectivity index (χ0) is 17.5. The molecule has 25 heavy (non-hydrogen) atoms. The Hall–Kier alpha value is -3.28. The number of aromatic nitrogens is 2. The van der Waals surface area contributed by atoms with E-state index >= 15 is 0 Å². The smallest absolute Gasteiger partial charge is 0.153 e. The van der Waals surface area contributed by atoms with Crippen LogP contribution in [-0.2, 0) is 6.54 Å². The number of benzene rings is 2. The predicted octanol–water partition coefficient (Wildman–Crippen LogP) is 3.85. The molecule has 0 spiro atoms. The van der Waals surface area contributed by atoms with Gasteiger partial charge in [-0.05, 0) is 54.1 Å². The van der Waals surface area contributed by atoms with E-state index in [4.69, 9.17) is 9.47 Å². The van der Waals surface area contributed by atoms with Crippen molar-refractivity contribution in [1.82, 2.24) is 10.2 Å². The first-order valence-electron chi connectivity index (χ1n) is 7.88. The van der Waals surface area contributed by atoms with Gasteiger partial charge in [-0.3, -0.25) is 0 Å². The molecule has 3 aromatic rings. The van der Waals surface area contributed by atoms with E-state index in [1.54, 1.807) is 14.2 Å². The summed E-state index contributed by atoms with van der Waals surface area (Å²) in [6.07, 6.45) is 0. The topological polar surface area (TPSA) is 68.3 Å². The Morgan fingerprint density at radius 3 is 1.84 bits per heavy atom. The second-order valence-corrected chi connectivity index (χ2v) is 5.36. The summed E-state index contributed by atoms with van der Waals surface area (Å²) in [6, 6.07) is 19.3. The van der Waals surface area contributed by atoms with Crippen LogP contribution in [0.4, 0.5) is 17.3 Å². The van der Waals surface area contributed by atoms with Crippen molar-refractivity contribution in [3.63, 3.8) is 0 Å². The molecule has 0 radical (unpaired) electrons. The average molecular weight is 336 g/mol. The molecule has 0 saturated heterocycles. The largest absolute Gasteiger partial charge is 0.497 e. The molecule has 0 aliphatic carbocycles. The number of rotatable bonds is 7. The molecular formula is C19H20N4O2. The van der Waals surface area contributed by atoms with Gasteiger partial charge >= 0.3 is 0 Å². The van der Waals surface area contributed by atoms with Crippen molar-refractivity contribution >= 4 is 17.3 Å². The van der Waals surface area contributed by atoms with Crippen LogP contribution in [-0.4, -0.2) is 24.4 Å². The van der Waals surface area contributed by atoms with Gasteiger partial charge in [0, 0.05) is 12.2 Å². The highest BCUT2D eigenvalue weighted by molar-refractivity contribution is 5.57. The van der Waals surface area contributed by atoms with Crippen molar-refractivity contribution in [1.29, 1.82) is 0 Å². The molecule has 0 unspecified atom stereocenters. The average Bonchev–Trinajstić information content (AvgIpc) is 2.68. The summed E-state index contributed by atoms with van der Waals surface area (Å²) in [5.74, 6) is 3.06. The Morgan fingerprint density at radius 1 is 0.720 bits per heavy atom. The molecule has 0 aliphatic rings. The zero-order valence-corrected chi connectivity index (χ0v) is 14.2. The number of methoxy groups -OCH3 is 2. The van der Waals surface area contributed by atoms with Crippen molar-refractivity contribution < 1.29 is 9.47 Å². The number of nitrogens with zero attached hydrogens (tertiary/aromatic N) is 2. The molecule has 0 saturated carbocycles. The molecule has 2 N–H and O–H groups in total. The van der Waals surface area contributed by atoms with E-state index < -0.39 is 0 Å². The fourth-order valence-corrected chi connectivity index (χ4v) is 2.25. The first kappa shape index (κ1) is 16.6. The van der Waals surface area contributed by atoms with Crippen LogP contribution in [0.2, 0.25) is 0 Å². The van der Waals surface area contributed by atoms with E-state index in [1.807, 2.05) is 60.7 Å². The Bertz CT molecular complexity index is 787. The Kier molecular flexibility index (Phi) is 5.31. The lowest BCUT2D eigenvalue weighted by Gasteiger charge is -2.08. The second-order valence-electron chi connectivity index (χ2n) is 5.36. The van der Waals surface area contributed by atoms with Crippen molar-refractivity contribution in [2.24, 2.45) is 0 Å². The normalized spacial score (nSPS) is 10.2. The quantitative estimate of drug-likeness (QED) is 0.683. The molecule has 6 heteroatoms. The van der Waals surface area contributed by atoms with E-state index in [0.29, 0.717) is 12.4 Å². The molecule has 0 amide bonds. The van der Waals surface area contributed by atoms with Crippen molar-refractivity contribution in [3.8, 4) is 11.5 Å². The number of hydrogen-bond acceptors (Lipinski definition) is 6. The molecule has 1 heterocycles. The number of nitrogens with one attached hydrogen (secondary N) is 2. The summed E-state index contributed by atoms with van der Waals surface area (Å²) in [5, 5.41) is 14.8. The van der Waals surface area contributed by atoms with Gasteiger partial charge in [-0.15, -0.1) is 10.2 Å². The van der Waals surface area contributed by atoms with Gasteiger partial charge < -0.3 is 20.1 Å². The van der Waals surface area contributed by atoms with Gasteiger partial charge in [-0.25, -0.2) is 0 Å². The fraction of sp³-hybridized carbons (Fsp3) is 0.158. The van der Waals surface area contributed by atoms with E-state index in [-0.39, 0.29) is 0 Å². The zero-order valence-electron chi connectivity index (χ0n) is 14.2. The minimum atomic E-state index is 0.671. The third-order valence-electron chi connectivity index (χ3n) is 3.66. The molecule has 128 valence electrons. The van der Waals surface area contributed by atoms with Crippen molar-refractivity contribution in [2.45, 2.75) is 6.54 Å². The number of hydrogen-bond donors (Lipinski definition) is 2. The highest BCUT2D eigenvalue weighted by Gasteiger charge is 2.00. The summed E-state index contributed by atoms with van der Waals surface area (Å²) in [7, 11) is 3.30. The molecule has 6 nitrogen and oxygen atoms in total. The first-order chi connectivity index (χ1) is 12.3. The molecule has 0 fully saturated rings. The molecule has 0 aliphatic heterocycles. The van der Waals surface area contributed by atoms with Crippen LogP contribution >= 0.6 is 0 Å². The maximum atomic E-state index is 5.15. The molecule has 3 rings (SSSR count). The standard InChI is InChI=1S/C19H20N4O2/c1-24-16-7-3-14(4-8-16)13-20-18-11-12-19(23-22-18)21-15-5-9-17(25-2)10-6-15/h3-12H,13H2,1-2H3,(H,20,22)(H,21,23). The fourth-order valence-electron chi connectivity index (χ4n) is 2.25. The lowest BCUT2D eigenvalue weighted by molar-refractivity contribution is 0.414. The number of anilines is 3. The Morgan fingerprint density at radius 2 is 1.28 bits per heavy atom. The third-order valence-corrected chi connectivity index (χ3v) is 3.66. The van der Waals surface area contributed by atoms with E-state index in [0.717, 1.165) is 28.6 Å². The highest BCUT2D eigenvalue weighted by atomic mass is 16.5. The molecule has 0 bridgehead atoms. The summed E-state index contributed by atoms with van der Waals surface area (Å²) in [4.78, 5) is 0. The molecular weight excluding hydrogens is 316 g/mol. The van der Waals surface area contributed by atoms with Crippen LogP contribution in [0.3, 0.4) is 0 Å². The van der Waals surface area contributed by atoms with Crippen LogP contribution in [0, 0.1) is 0 Å². The van der Waals surface area contributed by atoms with Gasteiger partial charge in [0.25, 0.3) is 0 Å². The number of ether oxygens (including phenoxy) is 2. The minimum absolute atomic E-state index is 0.671. The predicted molar refractivity (Wildman–Crippen MR) is 98.6 cm³/mol. The first-order valence-corrected chi connectivity index (χ1v) is 7.88. The lowest BCUT2D eigenvalue weighted by Crippen LogP contribution is -2.03. The van der Waals surface area contributed by atoms with Gasteiger partial charge in [0.05, 0.1) is 14.2 Å². The maximum Gasteiger partial charge on any atom is 0.153 e. The van der Waals surface area contributed by atoms with Crippen LogP contribution in [0.5, 0.6) is 11.5 Å². The van der Waals surface area contributed by atoms with Gasteiger partial charge in [0.2, 0.25) is 0 Å². The monoisotopic (exact) mass is 336 g/mol. The van der Waals surface area contributed by atoms with Gasteiger partial charge in [-0.1, -0.05) is 12.1 Å². The maximum absolute atomic E-state index is 5.15. The van der Waals surface area contributed by atoms with E-state index in [2.05, 4.69) is 20.8 Å². The van der Waals surface area contributed by atoms with Gasteiger partial charge in [0.15, 0.2) is 5.82 Å². The Labute approximate surface area is 146 Å². The molecule has 0 atom stereocenters. The SMILES string of the molecule is COc1ccc(CNc2ccc(Nc3ccc(OC)cc3)nn2)cc1. The second kappa shape index (κ2) is 8.01. The summed E-state index contributed by atoms with van der Waals surface area (Å²) in [5.41, 5.74) is 2.07. The summed E-state index contributed by atoms with van der Waals surface area (Å²) in [6.45, 7) is 0.671. The van der Waals surface area contributed by atoms with Crippen LogP contribution < -0.4 is 20.1 Å².